The topological polar surface area (TPSA) is 137 Å². The molecule has 1 atom stereocenters. The van der Waals surface area contributed by atoms with Gasteiger partial charge in [-0.3, -0.25) is 4.79 Å². The highest BCUT2D eigenvalue weighted by molar-refractivity contribution is 7.89. The van der Waals surface area contributed by atoms with Crippen LogP contribution in [0.1, 0.15) is 17.5 Å². The molecule has 0 spiro atoms. The van der Waals surface area contributed by atoms with Gasteiger partial charge in [-0.25, -0.2) is 13.2 Å². The number of sulfonamides is 1. The molecule has 1 saturated heterocycles. The average Bonchev–Trinajstić information content (AvgIpc) is 3.22. The number of fused-ring (bicyclic) bond motifs is 1. The summed E-state index contributed by atoms with van der Waals surface area (Å²) in [5, 5.41) is 17.9. The maximum absolute atomic E-state index is 13.0. The number of nitrogens with zero attached hydrogens (tertiary/aromatic N) is 2. The predicted molar refractivity (Wildman–Crippen MR) is 135 cm³/mol. The number of carbonyl (C=O) groups excluding carboxylic acids is 1. The number of carboxylic acids is 1. The van der Waals surface area contributed by atoms with Crippen LogP contribution in [0.25, 0.3) is 10.8 Å². The van der Waals surface area contributed by atoms with E-state index in [4.69, 9.17) is 31.5 Å². The van der Waals surface area contributed by atoms with E-state index in [1.165, 1.54) is 19.2 Å². The van der Waals surface area contributed by atoms with Crippen LogP contribution in [0.4, 0.5) is 13.2 Å². The van der Waals surface area contributed by atoms with Gasteiger partial charge in [0, 0.05) is 18.5 Å². The standard InChI is InChI=1S/C23H20ClN3O4S.C2HF3O2/c1-31-21-8-5-17-12-18(6-7-19(17)22(21)24)32(29,30)26-20-9-10-27(23(20)28)14-16-4-2-3-15(11-16)13-25;3-2(4,5)1(6)7/h2-8,11-12,20,26H,9-10,14H2,1H3;(H,6,7)/t20-;/m0./s1. The Morgan fingerprint density at radius 1 is 1.23 bits per heavy atom. The SMILES string of the molecule is COc1ccc2cc(S(=O)(=O)N[C@H]3CCN(Cc4cccc(C#N)c4)C3=O)ccc2c1Cl.O=C(O)C(F)(F)F. The molecule has 0 bridgehead atoms. The quantitative estimate of drug-likeness (QED) is 0.446. The van der Waals surface area contributed by atoms with E-state index in [0.29, 0.717) is 46.6 Å². The minimum absolute atomic E-state index is 0.0548. The van der Waals surface area contributed by atoms with Crippen molar-refractivity contribution in [3.63, 3.8) is 0 Å². The van der Waals surface area contributed by atoms with Gasteiger partial charge in [-0.15, -0.1) is 0 Å². The molecule has 1 fully saturated rings. The van der Waals surface area contributed by atoms with Crippen LogP contribution < -0.4 is 9.46 Å². The van der Waals surface area contributed by atoms with Gasteiger partial charge in [-0.2, -0.15) is 23.2 Å². The molecule has 206 valence electrons. The van der Waals surface area contributed by atoms with Crippen molar-refractivity contribution >= 4 is 44.3 Å². The van der Waals surface area contributed by atoms with Gasteiger partial charge >= 0.3 is 12.1 Å². The molecule has 1 heterocycles. The molecule has 2 N–H and O–H groups in total. The van der Waals surface area contributed by atoms with E-state index < -0.39 is 28.2 Å². The molecule has 0 unspecified atom stereocenters. The Kier molecular flexibility index (Phi) is 9.06. The normalized spacial score (nSPS) is 15.4. The van der Waals surface area contributed by atoms with Gasteiger partial charge in [0.05, 0.1) is 28.7 Å². The molecular formula is C25H21ClF3N3O6S. The molecule has 0 aromatic heterocycles. The number of alkyl halides is 3. The molecule has 0 saturated carbocycles. The van der Waals surface area contributed by atoms with Crippen LogP contribution >= 0.6 is 11.6 Å². The number of amides is 1. The number of carboxylic acid groups (broad SMARTS) is 1. The maximum atomic E-state index is 13.0. The van der Waals surface area contributed by atoms with E-state index in [9.17, 15) is 26.4 Å². The third-order valence-corrected chi connectivity index (χ3v) is 7.55. The Hall–Kier alpha value is -3.86. The molecule has 1 amide bonds. The van der Waals surface area contributed by atoms with Crippen molar-refractivity contribution in [2.75, 3.05) is 13.7 Å². The Balaban J connectivity index is 0.000000532. The number of methoxy groups -OCH3 is 1. The summed E-state index contributed by atoms with van der Waals surface area (Å²) in [5.41, 5.74) is 1.34. The fraction of sp³-hybridized carbons (Fsp3) is 0.240. The average molecular weight is 584 g/mol. The first-order valence-electron chi connectivity index (χ1n) is 11.1. The summed E-state index contributed by atoms with van der Waals surface area (Å²) in [6, 6.07) is 16.3. The molecule has 0 aliphatic carbocycles. The van der Waals surface area contributed by atoms with Crippen molar-refractivity contribution in [2.45, 2.75) is 30.1 Å². The highest BCUT2D eigenvalue weighted by Gasteiger charge is 2.38. The van der Waals surface area contributed by atoms with Gasteiger partial charge in [0.1, 0.15) is 11.8 Å². The second kappa shape index (κ2) is 11.9. The molecule has 0 radical (unpaired) electrons. The van der Waals surface area contributed by atoms with Gasteiger partial charge < -0.3 is 14.7 Å². The summed E-state index contributed by atoms with van der Waals surface area (Å²) in [4.78, 5) is 23.3. The smallest absolute Gasteiger partial charge is 0.490 e. The molecule has 9 nitrogen and oxygen atoms in total. The fourth-order valence-electron chi connectivity index (χ4n) is 3.79. The van der Waals surface area contributed by atoms with Crippen molar-refractivity contribution in [3.05, 3.63) is 70.7 Å². The van der Waals surface area contributed by atoms with E-state index in [2.05, 4.69) is 10.8 Å². The second-order valence-electron chi connectivity index (χ2n) is 8.30. The Morgan fingerprint density at radius 3 is 2.54 bits per heavy atom. The summed E-state index contributed by atoms with van der Waals surface area (Å²) in [6.45, 7) is 0.749. The van der Waals surface area contributed by atoms with Gasteiger partial charge in [-0.05, 0) is 47.7 Å². The van der Waals surface area contributed by atoms with Crippen molar-refractivity contribution in [3.8, 4) is 11.8 Å². The number of benzene rings is 3. The van der Waals surface area contributed by atoms with Crippen LogP contribution in [0, 0.1) is 11.3 Å². The van der Waals surface area contributed by atoms with Gasteiger partial charge in [0.2, 0.25) is 15.9 Å². The number of ether oxygens (including phenoxy) is 1. The first-order valence-corrected chi connectivity index (χ1v) is 13.0. The monoisotopic (exact) mass is 583 g/mol. The van der Waals surface area contributed by atoms with E-state index in [-0.39, 0.29) is 10.8 Å². The zero-order chi connectivity index (χ0) is 29.0. The number of hydrogen-bond acceptors (Lipinski definition) is 6. The number of nitrogens with one attached hydrogen (secondary N) is 1. The minimum atomic E-state index is -5.08. The second-order valence-corrected chi connectivity index (χ2v) is 10.4. The number of nitriles is 1. The van der Waals surface area contributed by atoms with Crippen molar-refractivity contribution in [1.29, 1.82) is 5.26 Å². The van der Waals surface area contributed by atoms with E-state index >= 15 is 0 Å². The number of carbonyl (C=O) groups is 2. The van der Waals surface area contributed by atoms with Crippen LogP contribution in [0.15, 0.2) is 59.5 Å². The van der Waals surface area contributed by atoms with Crippen molar-refractivity contribution in [1.82, 2.24) is 9.62 Å². The predicted octanol–water partition coefficient (Wildman–Crippen LogP) is 4.09. The first-order chi connectivity index (χ1) is 18.3. The van der Waals surface area contributed by atoms with Crippen LogP contribution in [0.3, 0.4) is 0 Å². The fourth-order valence-corrected chi connectivity index (χ4v) is 5.37. The van der Waals surface area contributed by atoms with Gasteiger partial charge in [0.25, 0.3) is 0 Å². The van der Waals surface area contributed by atoms with Crippen LogP contribution in [0.2, 0.25) is 5.02 Å². The molecular weight excluding hydrogens is 563 g/mol. The molecule has 14 heteroatoms. The number of likely N-dealkylation sites (tertiary alicyclic amines) is 1. The summed E-state index contributed by atoms with van der Waals surface area (Å²) in [5.74, 6) is -2.54. The van der Waals surface area contributed by atoms with E-state index in [1.54, 1.807) is 41.3 Å². The third-order valence-electron chi connectivity index (χ3n) is 5.69. The summed E-state index contributed by atoms with van der Waals surface area (Å²) in [6.07, 6.45) is -4.72. The summed E-state index contributed by atoms with van der Waals surface area (Å²) >= 11 is 6.31. The molecule has 3 aromatic rings. The minimum Gasteiger partial charge on any atom is -0.495 e. The molecule has 4 rings (SSSR count). The Bertz CT molecular complexity index is 1560. The largest absolute Gasteiger partial charge is 0.495 e. The summed E-state index contributed by atoms with van der Waals surface area (Å²) < 4.78 is 65.4. The lowest BCUT2D eigenvalue weighted by Crippen LogP contribution is -2.41. The Labute approximate surface area is 226 Å². The number of hydrogen-bond donors (Lipinski definition) is 2. The van der Waals surface area contributed by atoms with Gasteiger partial charge in [0.15, 0.2) is 0 Å². The molecule has 1 aliphatic rings. The molecule has 39 heavy (non-hydrogen) atoms. The van der Waals surface area contributed by atoms with Crippen molar-refractivity contribution in [2.24, 2.45) is 0 Å². The highest BCUT2D eigenvalue weighted by Crippen LogP contribution is 2.33. The molecule has 1 aliphatic heterocycles. The van der Waals surface area contributed by atoms with Crippen LogP contribution in [-0.2, 0) is 26.2 Å². The summed E-state index contributed by atoms with van der Waals surface area (Å²) in [7, 11) is -2.41. The van der Waals surface area contributed by atoms with Crippen LogP contribution in [0.5, 0.6) is 5.75 Å². The zero-order valence-electron chi connectivity index (χ0n) is 20.2. The van der Waals surface area contributed by atoms with Gasteiger partial charge in [-0.1, -0.05) is 35.9 Å². The van der Waals surface area contributed by atoms with Crippen molar-refractivity contribution < 1.29 is 41.0 Å². The number of rotatable bonds is 6. The molecule has 3 aromatic carbocycles. The highest BCUT2D eigenvalue weighted by atomic mass is 35.5. The lowest BCUT2D eigenvalue weighted by Gasteiger charge is -2.17. The lowest BCUT2D eigenvalue weighted by atomic mass is 10.1. The number of halogens is 4. The third kappa shape index (κ3) is 7.17. The number of aliphatic carboxylic acids is 1. The van der Waals surface area contributed by atoms with E-state index in [0.717, 1.165) is 5.56 Å². The van der Waals surface area contributed by atoms with Crippen LogP contribution in [-0.4, -0.2) is 56.2 Å². The maximum Gasteiger partial charge on any atom is 0.490 e. The van der Waals surface area contributed by atoms with E-state index in [1.807, 2.05) is 6.07 Å². The first kappa shape index (κ1) is 29.7. The lowest BCUT2D eigenvalue weighted by molar-refractivity contribution is -0.192. The Morgan fingerprint density at radius 2 is 1.92 bits per heavy atom. The zero-order valence-corrected chi connectivity index (χ0v) is 21.8.